The maximum atomic E-state index is 14.7. The number of carbonyl (C=O) groups is 2. The van der Waals surface area contributed by atoms with Gasteiger partial charge in [-0.15, -0.1) is 0 Å². The minimum absolute atomic E-state index is 0.156. The smallest absolute Gasteiger partial charge is 0.414 e. The predicted molar refractivity (Wildman–Crippen MR) is 116 cm³/mol. The first kappa shape index (κ1) is 21.8. The molecule has 2 N–H and O–H groups in total. The second-order valence-corrected chi connectivity index (χ2v) is 7.90. The van der Waals surface area contributed by atoms with Crippen LogP contribution in [0.1, 0.15) is 6.92 Å². The lowest BCUT2D eigenvalue weighted by Crippen LogP contribution is -2.34. The third kappa shape index (κ3) is 5.61. The van der Waals surface area contributed by atoms with Gasteiger partial charge < -0.3 is 20.1 Å². The van der Waals surface area contributed by atoms with E-state index in [0.717, 1.165) is 4.90 Å². The van der Waals surface area contributed by atoms with Crippen molar-refractivity contribution < 1.29 is 23.5 Å². The van der Waals surface area contributed by atoms with Crippen LogP contribution in [0.4, 0.5) is 20.6 Å². The number of thiocarbonyl (C=S) groups is 1. The summed E-state index contributed by atoms with van der Waals surface area (Å²) in [5, 5.41) is 5.73. The van der Waals surface area contributed by atoms with E-state index in [-0.39, 0.29) is 17.6 Å². The third-order valence-corrected chi connectivity index (χ3v) is 5.53. The number of methoxy groups -OCH3 is 1. The topological polar surface area (TPSA) is 79.9 Å². The van der Waals surface area contributed by atoms with Crippen molar-refractivity contribution >= 4 is 52.5 Å². The van der Waals surface area contributed by atoms with Gasteiger partial charge in [0.2, 0.25) is 5.91 Å². The lowest BCUT2D eigenvalue weighted by Gasteiger charge is -2.14. The number of cyclic esters (lactones) is 1. The van der Waals surface area contributed by atoms with Crippen molar-refractivity contribution in [3.05, 3.63) is 48.3 Å². The van der Waals surface area contributed by atoms with Crippen LogP contribution in [0.5, 0.6) is 0 Å². The number of nitrogens with one attached hydrogen (secondary N) is 2. The number of hydrogen-bond donors (Lipinski definition) is 2. The molecule has 0 aromatic heterocycles. The van der Waals surface area contributed by atoms with Gasteiger partial charge in [-0.2, -0.15) is 0 Å². The fourth-order valence-electron chi connectivity index (χ4n) is 2.78. The van der Waals surface area contributed by atoms with E-state index in [9.17, 15) is 14.0 Å². The summed E-state index contributed by atoms with van der Waals surface area (Å²) in [5.41, 5.74) is 1.09. The predicted octanol–water partition coefficient (Wildman–Crippen LogP) is 3.78. The molecule has 30 heavy (non-hydrogen) atoms. The Morgan fingerprint density at radius 2 is 2.07 bits per heavy atom. The van der Waals surface area contributed by atoms with Gasteiger partial charge in [0.1, 0.15) is 11.9 Å². The lowest BCUT2D eigenvalue weighted by molar-refractivity contribution is -0.114. The lowest BCUT2D eigenvalue weighted by atomic mass is 10.2. The molecular weight excluding hydrogens is 429 g/mol. The van der Waals surface area contributed by atoms with E-state index < -0.39 is 18.0 Å². The number of hydrogen-bond acceptors (Lipinski definition) is 6. The highest BCUT2D eigenvalue weighted by Crippen LogP contribution is 2.33. The molecule has 0 saturated carbocycles. The number of ether oxygens (including phenoxy) is 2. The van der Waals surface area contributed by atoms with Crippen molar-refractivity contribution in [1.29, 1.82) is 0 Å². The van der Waals surface area contributed by atoms with Crippen molar-refractivity contribution in [3.63, 3.8) is 0 Å². The quantitative estimate of drug-likeness (QED) is 0.650. The first-order valence-corrected chi connectivity index (χ1v) is 10.2. The molecule has 0 spiro atoms. The first-order chi connectivity index (χ1) is 14.4. The van der Waals surface area contributed by atoms with Crippen LogP contribution in [-0.4, -0.2) is 43.5 Å². The largest absolute Gasteiger partial charge is 0.474 e. The van der Waals surface area contributed by atoms with Gasteiger partial charge in [-0.25, -0.2) is 9.18 Å². The van der Waals surface area contributed by atoms with E-state index in [1.54, 1.807) is 36.4 Å². The van der Waals surface area contributed by atoms with Gasteiger partial charge >= 0.3 is 6.09 Å². The Morgan fingerprint density at radius 3 is 2.70 bits per heavy atom. The molecule has 158 valence electrons. The summed E-state index contributed by atoms with van der Waals surface area (Å²) in [6.07, 6.45) is -0.969. The molecule has 1 aliphatic heterocycles. The zero-order valence-electron chi connectivity index (χ0n) is 16.3. The molecule has 0 unspecified atom stereocenters. The number of rotatable bonds is 6. The number of benzene rings is 2. The van der Waals surface area contributed by atoms with E-state index in [1.165, 1.54) is 36.8 Å². The molecule has 1 fully saturated rings. The van der Waals surface area contributed by atoms with E-state index in [4.69, 9.17) is 21.7 Å². The first-order valence-electron chi connectivity index (χ1n) is 9.00. The zero-order chi connectivity index (χ0) is 21.7. The van der Waals surface area contributed by atoms with Crippen molar-refractivity contribution in [2.24, 2.45) is 0 Å². The molecule has 10 heteroatoms. The number of anilines is 2. The second kappa shape index (κ2) is 9.77. The zero-order valence-corrected chi connectivity index (χ0v) is 17.9. The summed E-state index contributed by atoms with van der Waals surface area (Å²) in [4.78, 5) is 25.8. The van der Waals surface area contributed by atoms with Crippen molar-refractivity contribution in [2.45, 2.75) is 22.8 Å². The van der Waals surface area contributed by atoms with Crippen LogP contribution in [0, 0.1) is 5.82 Å². The normalized spacial score (nSPS) is 15.5. The van der Waals surface area contributed by atoms with Crippen LogP contribution in [0.2, 0.25) is 0 Å². The molecule has 1 aliphatic rings. The van der Waals surface area contributed by atoms with E-state index in [0.29, 0.717) is 22.8 Å². The average molecular weight is 450 g/mol. The molecule has 1 atom stereocenters. The Balaban J connectivity index is 1.64. The van der Waals surface area contributed by atoms with Gasteiger partial charge in [0, 0.05) is 22.4 Å². The molecule has 3 rings (SSSR count). The summed E-state index contributed by atoms with van der Waals surface area (Å²) in [6, 6.07) is 11.7. The van der Waals surface area contributed by atoms with Gasteiger partial charge in [0.25, 0.3) is 5.17 Å². The van der Waals surface area contributed by atoms with Gasteiger partial charge in [0.05, 0.1) is 25.9 Å². The highest BCUT2D eigenvalue weighted by atomic mass is 32.2. The summed E-state index contributed by atoms with van der Waals surface area (Å²) in [7, 11) is 1.45. The Bertz CT molecular complexity index is 956. The summed E-state index contributed by atoms with van der Waals surface area (Å²) < 4.78 is 24.8. The maximum Gasteiger partial charge on any atom is 0.414 e. The minimum Gasteiger partial charge on any atom is -0.474 e. The Kier molecular flexibility index (Phi) is 7.11. The highest BCUT2D eigenvalue weighted by Gasteiger charge is 2.32. The second-order valence-electron chi connectivity index (χ2n) is 6.41. The minimum atomic E-state index is -0.543. The standard InChI is InChI=1S/C20H20FN3O4S2/c1-12(25)23-13-3-6-16(7-4-13)30-18-8-5-14(9-17(18)21)24-11-15(28-20(24)26)10-22-19(29)27-2/h3-9,15H,10-11H2,1-2H3,(H,22,29)(H,23,25)/t15-/m0/s1. The molecule has 2 aromatic rings. The van der Waals surface area contributed by atoms with E-state index >= 15 is 0 Å². The molecular formula is C20H20FN3O4S2. The van der Waals surface area contributed by atoms with E-state index in [2.05, 4.69) is 10.6 Å². The van der Waals surface area contributed by atoms with Crippen molar-refractivity contribution in [3.8, 4) is 0 Å². The summed E-state index contributed by atoms with van der Waals surface area (Å²) in [6.45, 7) is 2.01. The van der Waals surface area contributed by atoms with Crippen LogP contribution >= 0.6 is 24.0 Å². The van der Waals surface area contributed by atoms with Gasteiger partial charge in [-0.3, -0.25) is 9.69 Å². The van der Waals surface area contributed by atoms with Crippen LogP contribution < -0.4 is 15.5 Å². The Labute approximate surface area is 182 Å². The molecule has 7 nitrogen and oxygen atoms in total. The van der Waals surface area contributed by atoms with Crippen LogP contribution in [0.15, 0.2) is 52.3 Å². The molecule has 0 bridgehead atoms. The number of amides is 2. The molecule has 1 heterocycles. The van der Waals surface area contributed by atoms with Crippen LogP contribution in [0.3, 0.4) is 0 Å². The fourth-order valence-corrected chi connectivity index (χ4v) is 3.69. The van der Waals surface area contributed by atoms with Crippen molar-refractivity contribution in [2.75, 3.05) is 30.4 Å². The molecule has 2 amide bonds. The molecule has 1 saturated heterocycles. The average Bonchev–Trinajstić information content (AvgIpc) is 3.09. The summed E-state index contributed by atoms with van der Waals surface area (Å²) >= 11 is 6.14. The van der Waals surface area contributed by atoms with Crippen LogP contribution in [-0.2, 0) is 14.3 Å². The SMILES string of the molecule is COC(=S)NC[C@H]1CN(c2ccc(Sc3ccc(NC(C)=O)cc3)c(F)c2)C(=O)O1. The van der Waals surface area contributed by atoms with Gasteiger partial charge in [-0.05, 0) is 54.7 Å². The highest BCUT2D eigenvalue weighted by molar-refractivity contribution is 7.99. The summed E-state index contributed by atoms with van der Waals surface area (Å²) in [5.74, 6) is -0.602. The third-order valence-electron chi connectivity index (χ3n) is 4.16. The van der Waals surface area contributed by atoms with Gasteiger partial charge in [0.15, 0.2) is 0 Å². The van der Waals surface area contributed by atoms with Crippen LogP contribution in [0.25, 0.3) is 0 Å². The van der Waals surface area contributed by atoms with E-state index in [1.807, 2.05) is 0 Å². The monoisotopic (exact) mass is 449 g/mol. The number of halogens is 1. The fraction of sp³-hybridized carbons (Fsp3) is 0.250. The number of carbonyl (C=O) groups excluding carboxylic acids is 2. The Hall–Kier alpha value is -2.85. The molecule has 0 aliphatic carbocycles. The molecule has 0 radical (unpaired) electrons. The Morgan fingerprint density at radius 1 is 1.33 bits per heavy atom. The maximum absolute atomic E-state index is 14.7. The number of nitrogens with zero attached hydrogens (tertiary/aromatic N) is 1. The molecule has 2 aromatic carbocycles. The van der Waals surface area contributed by atoms with Crippen molar-refractivity contribution in [1.82, 2.24) is 5.32 Å². The van der Waals surface area contributed by atoms with Gasteiger partial charge in [-0.1, -0.05) is 11.8 Å².